The summed E-state index contributed by atoms with van der Waals surface area (Å²) in [5, 5.41) is 1.14. The second kappa shape index (κ2) is 11.7. The number of H-pyrrole nitrogens is 1. The standard InChI is InChI=1S/C26H24Br2ClN3O5S2/c1-3-11-38(34,35)32(39(36,37)12-4-2)22-10-9-21(27)23(24(22)28)25(33)20-15-31-26-19(20)13-17(14-30-26)16-5-7-18(29)8-6-16/h5-10,13-15H,3-4,11-12H2,1-2H3,(H,30,31). The molecule has 0 aliphatic heterocycles. The molecule has 13 heteroatoms. The van der Waals surface area contributed by atoms with Crippen molar-refractivity contribution in [3.63, 3.8) is 0 Å². The Morgan fingerprint density at radius 2 is 1.56 bits per heavy atom. The molecule has 2 aromatic heterocycles. The number of hydrogen-bond acceptors (Lipinski definition) is 6. The highest BCUT2D eigenvalue weighted by molar-refractivity contribution is 9.11. The monoisotopic (exact) mass is 715 g/mol. The SMILES string of the molecule is CCCS(=O)(=O)N(c1ccc(Br)c(C(=O)c2c[nH]c3ncc(-c4ccc(Cl)cc4)cc23)c1Br)S(=O)(=O)CCC. The van der Waals surface area contributed by atoms with Gasteiger partial charge in [0.1, 0.15) is 5.65 Å². The number of aromatic amines is 1. The van der Waals surface area contributed by atoms with Crippen molar-refractivity contribution in [1.82, 2.24) is 9.97 Å². The minimum atomic E-state index is -4.25. The number of carbonyl (C=O) groups is 1. The quantitative estimate of drug-likeness (QED) is 0.178. The number of fused-ring (bicyclic) bond motifs is 1. The Labute approximate surface area is 249 Å². The molecule has 0 fully saturated rings. The van der Waals surface area contributed by atoms with E-state index in [-0.39, 0.29) is 45.6 Å². The summed E-state index contributed by atoms with van der Waals surface area (Å²) < 4.78 is 53.6. The number of nitrogens with one attached hydrogen (secondary N) is 1. The first-order chi connectivity index (χ1) is 18.4. The Hall–Kier alpha value is -2.25. The van der Waals surface area contributed by atoms with E-state index in [0.29, 0.717) is 24.2 Å². The first-order valence-corrected chi connectivity index (χ1v) is 17.1. The number of aromatic nitrogens is 2. The third-order valence-electron chi connectivity index (χ3n) is 5.88. The van der Waals surface area contributed by atoms with Crippen LogP contribution < -0.4 is 3.71 Å². The summed E-state index contributed by atoms with van der Waals surface area (Å²) in [6.45, 7) is 3.30. The Balaban J connectivity index is 1.88. The van der Waals surface area contributed by atoms with Crippen molar-refractivity contribution in [2.45, 2.75) is 26.7 Å². The lowest BCUT2D eigenvalue weighted by Crippen LogP contribution is -2.40. The largest absolute Gasteiger partial charge is 0.345 e. The Morgan fingerprint density at radius 1 is 0.949 bits per heavy atom. The number of hydrogen-bond donors (Lipinski definition) is 1. The van der Waals surface area contributed by atoms with Crippen molar-refractivity contribution >= 4 is 86.0 Å². The normalized spacial score (nSPS) is 12.1. The summed E-state index contributed by atoms with van der Waals surface area (Å²) in [6.07, 6.45) is 3.64. The van der Waals surface area contributed by atoms with Crippen molar-refractivity contribution in [1.29, 1.82) is 0 Å². The van der Waals surface area contributed by atoms with Gasteiger partial charge < -0.3 is 4.98 Å². The molecule has 4 aromatic rings. The molecule has 0 amide bonds. The Bertz CT molecular complexity index is 1740. The number of rotatable bonds is 10. The van der Waals surface area contributed by atoms with Gasteiger partial charge in [-0.25, -0.2) is 21.8 Å². The summed E-state index contributed by atoms with van der Waals surface area (Å²) in [7, 11) is -8.50. The van der Waals surface area contributed by atoms with Gasteiger partial charge in [-0.1, -0.05) is 37.6 Å². The number of halogens is 3. The summed E-state index contributed by atoms with van der Waals surface area (Å²) in [6, 6.07) is 11.9. The second-order valence-corrected chi connectivity index (χ2v) is 14.9. The smallest absolute Gasteiger partial charge is 0.248 e. The van der Waals surface area contributed by atoms with Gasteiger partial charge in [0, 0.05) is 38.4 Å². The summed E-state index contributed by atoms with van der Waals surface area (Å²) in [5.74, 6) is -1.20. The topological polar surface area (TPSA) is 117 Å². The first-order valence-electron chi connectivity index (χ1n) is 11.9. The Morgan fingerprint density at radius 3 is 2.15 bits per heavy atom. The number of ketones is 1. The molecular formula is C26H24Br2ClN3O5S2. The zero-order chi connectivity index (χ0) is 28.5. The zero-order valence-electron chi connectivity index (χ0n) is 20.9. The lowest BCUT2D eigenvalue weighted by molar-refractivity contribution is 0.103. The van der Waals surface area contributed by atoms with Crippen LogP contribution in [0.3, 0.4) is 0 Å². The molecule has 0 spiro atoms. The van der Waals surface area contributed by atoms with E-state index in [1.807, 2.05) is 18.2 Å². The Kier molecular flexibility index (Phi) is 8.92. The van der Waals surface area contributed by atoms with Gasteiger partial charge in [-0.2, -0.15) is 3.71 Å². The van der Waals surface area contributed by atoms with Crippen LogP contribution in [0.25, 0.3) is 22.2 Å². The molecule has 0 saturated heterocycles. The third kappa shape index (κ3) is 5.95. The van der Waals surface area contributed by atoms with Gasteiger partial charge in [0.15, 0.2) is 5.78 Å². The maximum atomic E-state index is 13.9. The van der Waals surface area contributed by atoms with Crippen LogP contribution in [0.2, 0.25) is 5.02 Å². The van der Waals surface area contributed by atoms with Crippen LogP contribution in [0.5, 0.6) is 0 Å². The van der Waals surface area contributed by atoms with Gasteiger partial charge in [-0.05, 0) is 80.6 Å². The molecule has 1 N–H and O–H groups in total. The molecule has 0 aliphatic rings. The van der Waals surface area contributed by atoms with E-state index in [9.17, 15) is 21.6 Å². The van der Waals surface area contributed by atoms with Crippen LogP contribution in [0.4, 0.5) is 5.69 Å². The van der Waals surface area contributed by atoms with Gasteiger partial charge >= 0.3 is 0 Å². The van der Waals surface area contributed by atoms with E-state index < -0.39 is 25.8 Å². The highest BCUT2D eigenvalue weighted by Crippen LogP contribution is 2.39. The predicted octanol–water partition coefficient (Wildman–Crippen LogP) is 6.93. The highest BCUT2D eigenvalue weighted by atomic mass is 79.9. The van der Waals surface area contributed by atoms with Crippen molar-refractivity contribution in [2.24, 2.45) is 0 Å². The molecule has 206 valence electrons. The van der Waals surface area contributed by atoms with Crippen molar-refractivity contribution in [3.05, 3.63) is 80.0 Å². The van der Waals surface area contributed by atoms with E-state index in [4.69, 9.17) is 11.6 Å². The van der Waals surface area contributed by atoms with E-state index in [1.54, 1.807) is 32.2 Å². The molecule has 0 aliphatic carbocycles. The molecule has 0 radical (unpaired) electrons. The van der Waals surface area contributed by atoms with E-state index in [0.717, 1.165) is 11.1 Å². The molecular weight excluding hydrogens is 694 g/mol. The fourth-order valence-corrected chi connectivity index (χ4v) is 10.1. The van der Waals surface area contributed by atoms with Gasteiger partial charge in [-0.15, -0.1) is 0 Å². The molecule has 0 atom stereocenters. The van der Waals surface area contributed by atoms with Crippen LogP contribution in [-0.2, 0) is 20.0 Å². The molecule has 2 aromatic carbocycles. The summed E-state index contributed by atoms with van der Waals surface area (Å²) >= 11 is 12.8. The van der Waals surface area contributed by atoms with Gasteiger partial charge in [0.05, 0.1) is 27.2 Å². The number of carbonyl (C=O) groups excluding carboxylic acids is 1. The van der Waals surface area contributed by atoms with Crippen LogP contribution in [0.1, 0.15) is 42.6 Å². The number of benzene rings is 2. The predicted molar refractivity (Wildman–Crippen MR) is 162 cm³/mol. The summed E-state index contributed by atoms with van der Waals surface area (Å²) in [5.41, 5.74) is 2.32. The van der Waals surface area contributed by atoms with E-state index >= 15 is 0 Å². The van der Waals surface area contributed by atoms with Gasteiger partial charge in [0.2, 0.25) is 20.0 Å². The number of nitrogens with zero attached hydrogens (tertiary/aromatic N) is 2. The molecule has 0 unspecified atom stereocenters. The molecule has 0 saturated carbocycles. The minimum absolute atomic E-state index is 0.0393. The summed E-state index contributed by atoms with van der Waals surface area (Å²) in [4.78, 5) is 21.4. The van der Waals surface area contributed by atoms with Gasteiger partial charge in [0.25, 0.3) is 0 Å². The van der Waals surface area contributed by atoms with Crippen molar-refractivity contribution in [2.75, 3.05) is 15.2 Å². The maximum Gasteiger partial charge on any atom is 0.248 e. The van der Waals surface area contributed by atoms with Crippen LogP contribution in [0.15, 0.2) is 63.8 Å². The van der Waals surface area contributed by atoms with E-state index in [2.05, 4.69) is 41.8 Å². The first kappa shape index (κ1) is 29.7. The average Bonchev–Trinajstić information content (AvgIpc) is 3.29. The van der Waals surface area contributed by atoms with Crippen LogP contribution >= 0.6 is 43.5 Å². The fraction of sp³-hybridized carbons (Fsp3) is 0.231. The highest BCUT2D eigenvalue weighted by Gasteiger charge is 2.36. The van der Waals surface area contributed by atoms with Crippen LogP contribution in [0, 0.1) is 0 Å². The van der Waals surface area contributed by atoms with Crippen molar-refractivity contribution in [3.8, 4) is 11.1 Å². The second-order valence-electron chi connectivity index (χ2n) is 8.74. The van der Waals surface area contributed by atoms with Gasteiger partial charge in [-0.3, -0.25) is 4.79 Å². The lowest BCUT2D eigenvalue weighted by Gasteiger charge is -2.25. The fourth-order valence-electron chi connectivity index (χ4n) is 4.17. The molecule has 39 heavy (non-hydrogen) atoms. The number of sulfonamides is 2. The van der Waals surface area contributed by atoms with Crippen LogP contribution in [-0.4, -0.2) is 44.1 Å². The van der Waals surface area contributed by atoms with E-state index in [1.165, 1.54) is 18.3 Å². The third-order valence-corrected chi connectivity index (χ3v) is 12.2. The molecule has 8 nitrogen and oxygen atoms in total. The zero-order valence-corrected chi connectivity index (χ0v) is 26.5. The van der Waals surface area contributed by atoms with Crippen molar-refractivity contribution < 1.29 is 21.6 Å². The molecule has 0 bridgehead atoms. The minimum Gasteiger partial charge on any atom is -0.345 e. The maximum absolute atomic E-state index is 13.9. The molecule has 2 heterocycles. The lowest BCUT2D eigenvalue weighted by atomic mass is 10.0. The number of anilines is 1. The number of pyridine rings is 1. The molecule has 4 rings (SSSR count). The average molecular weight is 718 g/mol.